The van der Waals surface area contributed by atoms with Gasteiger partial charge in [-0.25, -0.2) is 4.52 Å². The molecule has 0 saturated carbocycles. The van der Waals surface area contributed by atoms with E-state index in [1.54, 1.807) is 38.4 Å². The zero-order valence-corrected chi connectivity index (χ0v) is 13.0. The van der Waals surface area contributed by atoms with Gasteiger partial charge < -0.3 is 4.57 Å². The first-order valence-corrected chi connectivity index (χ1v) is 7.11. The molecular formula is C17H15N3O3. The molecule has 0 N–H and O–H groups in total. The van der Waals surface area contributed by atoms with E-state index in [1.807, 2.05) is 0 Å². The third-order valence-electron chi connectivity index (χ3n) is 3.88. The minimum atomic E-state index is -0.440. The number of pyridine rings is 1. The first-order chi connectivity index (χ1) is 10.9. The summed E-state index contributed by atoms with van der Waals surface area (Å²) in [6, 6.07) is 6.56. The summed E-state index contributed by atoms with van der Waals surface area (Å²) >= 11 is 0. The molecule has 116 valence electrons. The number of hydrogen-bond acceptors (Lipinski definition) is 4. The molecule has 3 heterocycles. The highest BCUT2D eigenvalue weighted by Crippen LogP contribution is 2.24. The Kier molecular flexibility index (Phi) is 3.44. The summed E-state index contributed by atoms with van der Waals surface area (Å²) in [5, 5.41) is 4.18. The van der Waals surface area contributed by atoms with Crippen LogP contribution in [0.4, 0.5) is 0 Å². The van der Waals surface area contributed by atoms with Crippen molar-refractivity contribution in [3.63, 3.8) is 0 Å². The number of aryl methyl sites for hydroxylation is 1. The van der Waals surface area contributed by atoms with Crippen LogP contribution in [-0.2, 0) is 7.05 Å². The third-order valence-corrected chi connectivity index (χ3v) is 3.88. The van der Waals surface area contributed by atoms with E-state index in [0.717, 1.165) is 0 Å². The lowest BCUT2D eigenvalue weighted by Gasteiger charge is -2.04. The van der Waals surface area contributed by atoms with Crippen LogP contribution in [0.2, 0.25) is 0 Å². The van der Waals surface area contributed by atoms with Crippen molar-refractivity contribution in [3.05, 3.63) is 69.4 Å². The average molecular weight is 309 g/mol. The standard InChI is InChI=1S/C17H15N3O3/c1-10-14(11(2)21)13-7-4-8-18-20(13)15(10)16(22)12-6-5-9-19(3)17(12)23/h4-9H,1-3H3. The van der Waals surface area contributed by atoms with E-state index in [0.29, 0.717) is 16.6 Å². The van der Waals surface area contributed by atoms with Crippen LogP contribution in [0.1, 0.15) is 38.9 Å². The van der Waals surface area contributed by atoms with E-state index >= 15 is 0 Å². The molecule has 0 aliphatic rings. The second kappa shape index (κ2) is 5.31. The Labute approximate surface area is 132 Å². The summed E-state index contributed by atoms with van der Waals surface area (Å²) in [5.41, 5.74) is 1.47. The van der Waals surface area contributed by atoms with Crippen LogP contribution in [0.15, 0.2) is 41.5 Å². The van der Waals surface area contributed by atoms with Crippen molar-refractivity contribution >= 4 is 17.1 Å². The van der Waals surface area contributed by atoms with Gasteiger partial charge in [-0.3, -0.25) is 14.4 Å². The van der Waals surface area contributed by atoms with Gasteiger partial charge >= 0.3 is 0 Å². The molecule has 3 aromatic rings. The molecule has 3 rings (SSSR count). The molecule has 0 bridgehead atoms. The second-order valence-corrected chi connectivity index (χ2v) is 5.39. The topological polar surface area (TPSA) is 73.4 Å². The maximum absolute atomic E-state index is 12.9. The number of nitrogens with zero attached hydrogens (tertiary/aromatic N) is 3. The highest BCUT2D eigenvalue weighted by Gasteiger charge is 2.25. The zero-order valence-electron chi connectivity index (χ0n) is 13.0. The Hall–Kier alpha value is -3.02. The fourth-order valence-corrected chi connectivity index (χ4v) is 2.82. The van der Waals surface area contributed by atoms with Gasteiger partial charge in [0.25, 0.3) is 5.56 Å². The van der Waals surface area contributed by atoms with Crippen LogP contribution >= 0.6 is 0 Å². The van der Waals surface area contributed by atoms with Crippen molar-refractivity contribution in [1.82, 2.24) is 14.2 Å². The van der Waals surface area contributed by atoms with Crippen LogP contribution < -0.4 is 5.56 Å². The van der Waals surface area contributed by atoms with Crippen molar-refractivity contribution in [2.75, 3.05) is 0 Å². The van der Waals surface area contributed by atoms with Gasteiger partial charge in [0, 0.05) is 25.0 Å². The van der Waals surface area contributed by atoms with E-state index < -0.39 is 5.78 Å². The van der Waals surface area contributed by atoms with Crippen molar-refractivity contribution in [2.24, 2.45) is 7.05 Å². The van der Waals surface area contributed by atoms with Gasteiger partial charge in [0.1, 0.15) is 5.69 Å². The number of aromatic nitrogens is 3. The summed E-state index contributed by atoms with van der Waals surface area (Å²) in [7, 11) is 1.58. The molecule has 0 spiro atoms. The number of fused-ring (bicyclic) bond motifs is 1. The Bertz CT molecular complexity index is 1010. The van der Waals surface area contributed by atoms with Gasteiger partial charge in [-0.1, -0.05) is 0 Å². The van der Waals surface area contributed by atoms with E-state index in [4.69, 9.17) is 0 Å². The van der Waals surface area contributed by atoms with Gasteiger partial charge in [0.2, 0.25) is 5.78 Å². The molecule has 0 saturated heterocycles. The van der Waals surface area contributed by atoms with Gasteiger partial charge in [-0.2, -0.15) is 5.10 Å². The average Bonchev–Trinajstić information content (AvgIpc) is 2.81. The Morgan fingerprint density at radius 3 is 2.61 bits per heavy atom. The normalized spacial score (nSPS) is 10.9. The second-order valence-electron chi connectivity index (χ2n) is 5.39. The van der Waals surface area contributed by atoms with Crippen molar-refractivity contribution in [2.45, 2.75) is 13.8 Å². The zero-order chi connectivity index (χ0) is 16.7. The van der Waals surface area contributed by atoms with Crippen LogP contribution in [0.3, 0.4) is 0 Å². The molecule has 0 atom stereocenters. The predicted octanol–water partition coefficient (Wildman–Crippen LogP) is 1.78. The summed E-state index contributed by atoms with van der Waals surface area (Å²) < 4.78 is 2.78. The monoisotopic (exact) mass is 309 g/mol. The lowest BCUT2D eigenvalue weighted by atomic mass is 10.0. The molecule has 23 heavy (non-hydrogen) atoms. The van der Waals surface area contributed by atoms with Crippen LogP contribution in [0.25, 0.3) is 5.52 Å². The third kappa shape index (κ3) is 2.19. The summed E-state index contributed by atoms with van der Waals surface area (Å²) in [6.07, 6.45) is 3.12. The molecule has 0 fully saturated rings. The van der Waals surface area contributed by atoms with Crippen molar-refractivity contribution < 1.29 is 9.59 Å². The van der Waals surface area contributed by atoms with Crippen LogP contribution in [-0.4, -0.2) is 25.7 Å². The molecule has 0 unspecified atom stereocenters. The molecule has 0 aromatic carbocycles. The highest BCUT2D eigenvalue weighted by molar-refractivity contribution is 6.13. The van der Waals surface area contributed by atoms with Crippen LogP contribution in [0, 0.1) is 6.92 Å². The molecule has 6 nitrogen and oxygen atoms in total. The molecule has 6 heteroatoms. The van der Waals surface area contributed by atoms with Gasteiger partial charge in [-0.05, 0) is 43.7 Å². The smallest absolute Gasteiger partial charge is 0.261 e. The minimum Gasteiger partial charge on any atom is -0.318 e. The SMILES string of the molecule is CC(=O)c1c(C)c(C(=O)c2cccn(C)c2=O)n2ncccc12. The Morgan fingerprint density at radius 1 is 1.17 bits per heavy atom. The van der Waals surface area contributed by atoms with Gasteiger partial charge in [0.15, 0.2) is 5.78 Å². The number of ketones is 2. The first-order valence-electron chi connectivity index (χ1n) is 7.11. The van der Waals surface area contributed by atoms with Gasteiger partial charge in [0.05, 0.1) is 11.1 Å². The van der Waals surface area contributed by atoms with Crippen molar-refractivity contribution in [3.8, 4) is 0 Å². The van der Waals surface area contributed by atoms with E-state index in [9.17, 15) is 14.4 Å². The van der Waals surface area contributed by atoms with E-state index in [-0.39, 0.29) is 22.6 Å². The van der Waals surface area contributed by atoms with Crippen LogP contribution in [0.5, 0.6) is 0 Å². The summed E-state index contributed by atoms with van der Waals surface area (Å²) in [6.45, 7) is 3.15. The van der Waals surface area contributed by atoms with E-state index in [1.165, 1.54) is 28.3 Å². The number of rotatable bonds is 3. The number of hydrogen-bond donors (Lipinski definition) is 0. The van der Waals surface area contributed by atoms with Gasteiger partial charge in [-0.15, -0.1) is 0 Å². The number of carbonyl (C=O) groups excluding carboxylic acids is 2. The molecule has 0 amide bonds. The Balaban J connectivity index is 2.35. The fourth-order valence-electron chi connectivity index (χ4n) is 2.82. The molecule has 0 radical (unpaired) electrons. The molecular weight excluding hydrogens is 294 g/mol. The van der Waals surface area contributed by atoms with Crippen molar-refractivity contribution in [1.29, 1.82) is 0 Å². The summed E-state index contributed by atoms with van der Waals surface area (Å²) in [4.78, 5) is 37.1. The molecule has 0 aliphatic carbocycles. The molecule has 0 aliphatic heterocycles. The quantitative estimate of drug-likeness (QED) is 0.691. The number of Topliss-reactive ketones (excluding diaryl/α,β-unsaturated/α-hetero) is 1. The lowest BCUT2D eigenvalue weighted by Crippen LogP contribution is -2.25. The predicted molar refractivity (Wildman–Crippen MR) is 85.0 cm³/mol. The Morgan fingerprint density at radius 2 is 1.91 bits per heavy atom. The fraction of sp³-hybridized carbons (Fsp3) is 0.176. The first kappa shape index (κ1) is 14.9. The minimum absolute atomic E-state index is 0.0539. The summed E-state index contributed by atoms with van der Waals surface area (Å²) in [5.74, 6) is -0.585. The molecule has 3 aromatic heterocycles. The highest BCUT2D eigenvalue weighted by atomic mass is 16.1. The largest absolute Gasteiger partial charge is 0.318 e. The maximum atomic E-state index is 12.9. The number of carbonyl (C=O) groups is 2. The maximum Gasteiger partial charge on any atom is 0.261 e. The van der Waals surface area contributed by atoms with E-state index in [2.05, 4.69) is 5.10 Å². The lowest BCUT2D eigenvalue weighted by molar-refractivity contribution is 0.101.